The third kappa shape index (κ3) is 4.74. The quantitative estimate of drug-likeness (QED) is 0.682. The number of hydrogen-bond acceptors (Lipinski definition) is 3. The third-order valence-corrected chi connectivity index (χ3v) is 2.27. The number of hydrogen-bond donors (Lipinski definition) is 1. The Morgan fingerprint density at radius 2 is 2.27 bits per heavy atom. The van der Waals surface area contributed by atoms with E-state index in [1.165, 1.54) is 25.5 Å². The van der Waals surface area contributed by atoms with E-state index in [-0.39, 0.29) is 5.69 Å². The lowest BCUT2D eigenvalue weighted by atomic mass is 10.2. The van der Waals surface area contributed by atoms with Crippen LogP contribution >= 0.6 is 0 Å². The van der Waals surface area contributed by atoms with Crippen LogP contribution in [0.5, 0.6) is 0 Å². The van der Waals surface area contributed by atoms with E-state index in [0.717, 1.165) is 13.1 Å². The Morgan fingerprint density at radius 3 is 3.00 bits per heavy atom. The van der Waals surface area contributed by atoms with Crippen molar-refractivity contribution in [3.05, 3.63) is 28.9 Å². The van der Waals surface area contributed by atoms with Crippen molar-refractivity contribution in [1.82, 2.24) is 14.9 Å². The highest BCUT2D eigenvalue weighted by molar-refractivity contribution is 4.80. The van der Waals surface area contributed by atoms with Crippen LogP contribution in [0.1, 0.15) is 26.2 Å². The maximum absolute atomic E-state index is 11.2. The molecule has 0 unspecified atom stereocenters. The molecular weight excluding hydrogens is 190 g/mol. The Morgan fingerprint density at radius 1 is 1.40 bits per heavy atom. The van der Waals surface area contributed by atoms with Crippen LogP contribution in [0.3, 0.4) is 0 Å². The van der Waals surface area contributed by atoms with Crippen molar-refractivity contribution in [3.63, 3.8) is 0 Å². The van der Waals surface area contributed by atoms with Gasteiger partial charge in [-0.2, -0.15) is 0 Å². The highest BCUT2D eigenvalue weighted by Gasteiger charge is 1.93. The van der Waals surface area contributed by atoms with Crippen LogP contribution in [0.2, 0.25) is 0 Å². The van der Waals surface area contributed by atoms with Gasteiger partial charge in [0.1, 0.15) is 0 Å². The third-order valence-electron chi connectivity index (χ3n) is 2.27. The largest absolute Gasteiger partial charge is 0.347 e. The smallest absolute Gasteiger partial charge is 0.315 e. The minimum Gasteiger partial charge on any atom is -0.315 e. The molecule has 84 valence electrons. The van der Waals surface area contributed by atoms with Gasteiger partial charge >= 0.3 is 5.69 Å². The fraction of sp³-hybridized carbons (Fsp3) is 0.636. The summed E-state index contributed by atoms with van der Waals surface area (Å²) in [6.45, 7) is 4.74. The van der Waals surface area contributed by atoms with Gasteiger partial charge in [-0.15, -0.1) is 0 Å². The van der Waals surface area contributed by atoms with Crippen molar-refractivity contribution < 1.29 is 0 Å². The lowest BCUT2D eigenvalue weighted by Crippen LogP contribution is -2.28. The molecular formula is C11H19N3O. The highest BCUT2D eigenvalue weighted by atomic mass is 16.1. The second-order valence-corrected chi connectivity index (χ2v) is 3.55. The van der Waals surface area contributed by atoms with Gasteiger partial charge < -0.3 is 5.32 Å². The van der Waals surface area contributed by atoms with E-state index >= 15 is 0 Å². The van der Waals surface area contributed by atoms with Gasteiger partial charge in [-0.05, 0) is 19.0 Å². The molecule has 1 aromatic heterocycles. The zero-order chi connectivity index (χ0) is 10.9. The summed E-state index contributed by atoms with van der Waals surface area (Å²) in [7, 11) is 0. The molecule has 0 amide bonds. The first-order valence-electron chi connectivity index (χ1n) is 5.56. The molecule has 0 aromatic carbocycles. The van der Waals surface area contributed by atoms with Crippen LogP contribution in [-0.4, -0.2) is 22.6 Å². The zero-order valence-corrected chi connectivity index (χ0v) is 9.28. The molecule has 0 atom stereocenters. The molecule has 1 heterocycles. The highest BCUT2D eigenvalue weighted by Crippen LogP contribution is 1.90. The number of nitrogens with one attached hydrogen (secondary N) is 1. The molecule has 4 nitrogen and oxygen atoms in total. The van der Waals surface area contributed by atoms with Gasteiger partial charge in [-0.3, -0.25) is 4.57 Å². The van der Waals surface area contributed by atoms with Crippen LogP contribution in [0, 0.1) is 0 Å². The Balaban J connectivity index is 2.15. The minimum absolute atomic E-state index is 0.173. The average Bonchev–Trinajstić information content (AvgIpc) is 2.25. The van der Waals surface area contributed by atoms with E-state index in [1.807, 2.05) is 0 Å². The molecule has 15 heavy (non-hydrogen) atoms. The SMILES string of the molecule is CCCCCNCCn1cccnc1=O. The van der Waals surface area contributed by atoms with Crippen molar-refractivity contribution in [2.45, 2.75) is 32.7 Å². The summed E-state index contributed by atoms with van der Waals surface area (Å²) in [5.41, 5.74) is -0.173. The van der Waals surface area contributed by atoms with Crippen molar-refractivity contribution in [3.8, 4) is 0 Å². The van der Waals surface area contributed by atoms with Crippen LogP contribution in [0.15, 0.2) is 23.3 Å². The first-order valence-corrected chi connectivity index (χ1v) is 5.56. The van der Waals surface area contributed by atoms with E-state index in [4.69, 9.17) is 0 Å². The molecule has 1 aromatic rings. The summed E-state index contributed by atoms with van der Waals surface area (Å²) >= 11 is 0. The Bertz CT molecular complexity index is 322. The first kappa shape index (κ1) is 11.9. The maximum Gasteiger partial charge on any atom is 0.347 e. The second-order valence-electron chi connectivity index (χ2n) is 3.55. The lowest BCUT2D eigenvalue weighted by Gasteiger charge is -2.05. The second kappa shape index (κ2) is 7.17. The Labute approximate surface area is 90.3 Å². The fourth-order valence-corrected chi connectivity index (χ4v) is 1.38. The minimum atomic E-state index is -0.173. The van der Waals surface area contributed by atoms with E-state index in [1.54, 1.807) is 16.8 Å². The summed E-state index contributed by atoms with van der Waals surface area (Å²) in [6, 6.07) is 1.78. The molecule has 0 aliphatic heterocycles. The van der Waals surface area contributed by atoms with Gasteiger partial charge in [0.15, 0.2) is 0 Å². The zero-order valence-electron chi connectivity index (χ0n) is 9.28. The molecule has 0 spiro atoms. The summed E-state index contributed by atoms with van der Waals surface area (Å²) in [5.74, 6) is 0. The van der Waals surface area contributed by atoms with Gasteiger partial charge in [0.25, 0.3) is 0 Å². The van der Waals surface area contributed by atoms with Crippen molar-refractivity contribution >= 4 is 0 Å². The molecule has 0 fully saturated rings. The normalized spacial score (nSPS) is 10.5. The van der Waals surface area contributed by atoms with Crippen molar-refractivity contribution in [2.24, 2.45) is 0 Å². The van der Waals surface area contributed by atoms with Gasteiger partial charge in [-0.25, -0.2) is 9.78 Å². The first-order chi connectivity index (χ1) is 7.34. The predicted octanol–water partition coefficient (Wildman–Crippen LogP) is 1.02. The van der Waals surface area contributed by atoms with E-state index in [9.17, 15) is 4.79 Å². The molecule has 1 N–H and O–H groups in total. The Hall–Kier alpha value is -1.16. The molecule has 0 bridgehead atoms. The molecule has 0 aliphatic rings. The molecule has 0 radical (unpaired) electrons. The van der Waals surface area contributed by atoms with Gasteiger partial charge in [0.05, 0.1) is 0 Å². The van der Waals surface area contributed by atoms with Crippen LogP contribution in [0.25, 0.3) is 0 Å². The molecule has 0 saturated carbocycles. The maximum atomic E-state index is 11.2. The van der Waals surface area contributed by atoms with E-state index < -0.39 is 0 Å². The molecule has 4 heteroatoms. The van der Waals surface area contributed by atoms with Gasteiger partial charge in [-0.1, -0.05) is 19.8 Å². The summed E-state index contributed by atoms with van der Waals surface area (Å²) in [4.78, 5) is 14.9. The average molecular weight is 209 g/mol. The van der Waals surface area contributed by atoms with Gasteiger partial charge in [0.2, 0.25) is 0 Å². The van der Waals surface area contributed by atoms with E-state index in [2.05, 4.69) is 17.2 Å². The molecule has 0 saturated heterocycles. The lowest BCUT2D eigenvalue weighted by molar-refractivity contribution is 0.555. The van der Waals surface area contributed by atoms with Crippen molar-refractivity contribution in [2.75, 3.05) is 13.1 Å². The van der Waals surface area contributed by atoms with Crippen LogP contribution in [-0.2, 0) is 6.54 Å². The van der Waals surface area contributed by atoms with Crippen LogP contribution < -0.4 is 11.0 Å². The van der Waals surface area contributed by atoms with E-state index in [0.29, 0.717) is 6.54 Å². The van der Waals surface area contributed by atoms with Crippen LogP contribution in [0.4, 0.5) is 0 Å². The summed E-state index contributed by atoms with van der Waals surface area (Å²) < 4.78 is 1.62. The Kier molecular flexibility index (Phi) is 5.70. The fourth-order valence-electron chi connectivity index (χ4n) is 1.38. The topological polar surface area (TPSA) is 46.9 Å². The van der Waals surface area contributed by atoms with Gasteiger partial charge in [0, 0.05) is 25.5 Å². The predicted molar refractivity (Wildman–Crippen MR) is 60.9 cm³/mol. The van der Waals surface area contributed by atoms with Crippen molar-refractivity contribution in [1.29, 1.82) is 0 Å². The molecule has 1 rings (SSSR count). The number of rotatable bonds is 7. The summed E-state index contributed by atoms with van der Waals surface area (Å²) in [6.07, 6.45) is 7.00. The number of aromatic nitrogens is 2. The number of unbranched alkanes of at least 4 members (excludes halogenated alkanes) is 2. The number of nitrogens with zero attached hydrogens (tertiary/aromatic N) is 2. The summed E-state index contributed by atoms with van der Waals surface area (Å²) in [5, 5.41) is 3.31. The standard InChI is InChI=1S/C11H19N3O/c1-2-3-4-6-12-8-10-14-9-5-7-13-11(14)15/h5,7,9,12H,2-4,6,8,10H2,1H3. The molecule has 0 aliphatic carbocycles. The monoisotopic (exact) mass is 209 g/mol.